The first kappa shape index (κ1) is 14.6. The lowest BCUT2D eigenvalue weighted by atomic mass is 10.1. The van der Waals surface area contributed by atoms with Crippen LogP contribution in [0.5, 0.6) is 0 Å². The summed E-state index contributed by atoms with van der Waals surface area (Å²) in [7, 11) is 0. The second kappa shape index (κ2) is 10.2. The van der Waals surface area contributed by atoms with Gasteiger partial charge in [-0.2, -0.15) is 0 Å². The molecule has 0 unspecified atom stereocenters. The Morgan fingerprint density at radius 3 is 2.31 bits per heavy atom. The zero-order valence-electron chi connectivity index (χ0n) is 10.1. The molecule has 1 rings (SSSR count). The molecule has 1 aromatic rings. The van der Waals surface area contributed by atoms with Crippen molar-refractivity contribution in [3.63, 3.8) is 0 Å². The predicted molar refractivity (Wildman–Crippen MR) is 66.7 cm³/mol. The maximum Gasteiger partial charge on any atom is 0.290 e. The van der Waals surface area contributed by atoms with Crippen LogP contribution in [0.4, 0.5) is 0 Å². The molecule has 0 aromatic heterocycles. The Morgan fingerprint density at radius 2 is 1.81 bits per heavy atom. The van der Waals surface area contributed by atoms with E-state index in [9.17, 15) is 0 Å². The van der Waals surface area contributed by atoms with Gasteiger partial charge in [0.15, 0.2) is 0 Å². The summed E-state index contributed by atoms with van der Waals surface area (Å²) < 4.78 is 0. The predicted octanol–water partition coefficient (Wildman–Crippen LogP) is 2.24. The first-order valence-electron chi connectivity index (χ1n) is 5.58. The lowest BCUT2D eigenvalue weighted by molar-refractivity contribution is -0.122. The molecule has 0 atom stereocenters. The van der Waals surface area contributed by atoms with Gasteiger partial charge >= 0.3 is 0 Å². The highest BCUT2D eigenvalue weighted by Crippen LogP contribution is 2.02. The number of nitrogens with one attached hydrogen (secondary N) is 1. The molecule has 0 aliphatic heterocycles. The van der Waals surface area contributed by atoms with Gasteiger partial charge < -0.3 is 10.4 Å². The average molecular weight is 223 g/mol. The van der Waals surface area contributed by atoms with Crippen molar-refractivity contribution in [2.75, 3.05) is 13.1 Å². The molecular weight excluding hydrogens is 202 g/mol. The van der Waals surface area contributed by atoms with Crippen molar-refractivity contribution >= 4 is 6.47 Å². The van der Waals surface area contributed by atoms with Gasteiger partial charge in [0.25, 0.3) is 6.47 Å². The Hall–Kier alpha value is -1.35. The molecule has 2 N–H and O–H groups in total. The molecule has 0 aliphatic rings. The number of carbonyl (C=O) groups is 1. The molecule has 0 heterocycles. The fraction of sp³-hybridized carbons (Fsp3) is 0.462. The van der Waals surface area contributed by atoms with Gasteiger partial charge in [0.2, 0.25) is 0 Å². The maximum absolute atomic E-state index is 8.36. The van der Waals surface area contributed by atoms with Gasteiger partial charge in [0.1, 0.15) is 0 Å². The fourth-order valence-corrected chi connectivity index (χ4v) is 1.29. The van der Waals surface area contributed by atoms with Gasteiger partial charge in [-0.05, 0) is 38.4 Å². The Balaban J connectivity index is 0.000000673. The van der Waals surface area contributed by atoms with Crippen LogP contribution in [0, 0.1) is 6.92 Å². The fourth-order valence-electron chi connectivity index (χ4n) is 1.29. The smallest absolute Gasteiger partial charge is 0.290 e. The minimum absolute atomic E-state index is 0.250. The highest BCUT2D eigenvalue weighted by atomic mass is 16.3. The van der Waals surface area contributed by atoms with Crippen molar-refractivity contribution in [3.05, 3.63) is 35.4 Å². The number of benzene rings is 1. The molecule has 16 heavy (non-hydrogen) atoms. The van der Waals surface area contributed by atoms with Crippen LogP contribution < -0.4 is 5.32 Å². The van der Waals surface area contributed by atoms with E-state index < -0.39 is 0 Å². The first-order valence-corrected chi connectivity index (χ1v) is 5.58. The van der Waals surface area contributed by atoms with Crippen LogP contribution >= 0.6 is 0 Å². The Morgan fingerprint density at radius 1 is 1.25 bits per heavy atom. The summed E-state index contributed by atoms with van der Waals surface area (Å²) in [5.74, 6) is 0. The highest BCUT2D eigenvalue weighted by molar-refractivity contribution is 5.32. The maximum atomic E-state index is 8.36. The van der Waals surface area contributed by atoms with E-state index in [1.165, 1.54) is 17.5 Å². The SMILES string of the molecule is CCCNCCc1ccc(C)cc1.O=CO. The van der Waals surface area contributed by atoms with E-state index in [2.05, 4.69) is 43.4 Å². The summed E-state index contributed by atoms with van der Waals surface area (Å²) in [6.07, 6.45) is 2.36. The van der Waals surface area contributed by atoms with Gasteiger partial charge in [0.05, 0.1) is 0 Å². The molecule has 0 amide bonds. The molecule has 0 saturated heterocycles. The highest BCUT2D eigenvalue weighted by Gasteiger charge is 1.91. The third kappa shape index (κ3) is 8.00. The van der Waals surface area contributed by atoms with E-state index in [-0.39, 0.29) is 6.47 Å². The summed E-state index contributed by atoms with van der Waals surface area (Å²) in [5.41, 5.74) is 2.76. The molecule has 0 saturated carbocycles. The second-order valence-corrected chi connectivity index (χ2v) is 3.59. The molecule has 1 aromatic carbocycles. The van der Waals surface area contributed by atoms with Crippen molar-refractivity contribution in [2.24, 2.45) is 0 Å². The van der Waals surface area contributed by atoms with Crippen LogP contribution in [-0.2, 0) is 11.2 Å². The van der Waals surface area contributed by atoms with Crippen molar-refractivity contribution in [1.29, 1.82) is 0 Å². The average Bonchev–Trinajstić information content (AvgIpc) is 2.28. The van der Waals surface area contributed by atoms with E-state index in [4.69, 9.17) is 9.90 Å². The summed E-state index contributed by atoms with van der Waals surface area (Å²) in [6, 6.07) is 8.77. The van der Waals surface area contributed by atoms with Crippen LogP contribution in [0.15, 0.2) is 24.3 Å². The number of aryl methyl sites for hydroxylation is 1. The van der Waals surface area contributed by atoms with E-state index in [1.54, 1.807) is 0 Å². The van der Waals surface area contributed by atoms with Crippen molar-refractivity contribution in [1.82, 2.24) is 5.32 Å². The second-order valence-electron chi connectivity index (χ2n) is 3.59. The number of hydrogen-bond acceptors (Lipinski definition) is 2. The number of carboxylic acid groups (broad SMARTS) is 1. The largest absolute Gasteiger partial charge is 0.483 e. The normalized spacial score (nSPS) is 9.12. The van der Waals surface area contributed by atoms with E-state index in [0.717, 1.165) is 19.5 Å². The molecule has 0 radical (unpaired) electrons. The minimum atomic E-state index is -0.250. The number of hydrogen-bond donors (Lipinski definition) is 2. The monoisotopic (exact) mass is 223 g/mol. The van der Waals surface area contributed by atoms with Crippen LogP contribution in [-0.4, -0.2) is 24.7 Å². The van der Waals surface area contributed by atoms with Crippen LogP contribution in [0.25, 0.3) is 0 Å². The Kier molecular flexibility index (Phi) is 9.32. The summed E-state index contributed by atoms with van der Waals surface area (Å²) in [4.78, 5) is 8.36. The van der Waals surface area contributed by atoms with Gasteiger partial charge in [-0.15, -0.1) is 0 Å². The van der Waals surface area contributed by atoms with Gasteiger partial charge in [-0.3, -0.25) is 4.79 Å². The molecule has 0 fully saturated rings. The third-order valence-corrected chi connectivity index (χ3v) is 2.14. The molecule has 0 bridgehead atoms. The third-order valence-electron chi connectivity index (χ3n) is 2.14. The first-order chi connectivity index (χ1) is 7.74. The van der Waals surface area contributed by atoms with Crippen LogP contribution in [0.2, 0.25) is 0 Å². The summed E-state index contributed by atoms with van der Waals surface area (Å²) in [6.45, 7) is 6.29. The van der Waals surface area contributed by atoms with E-state index >= 15 is 0 Å². The molecule has 3 nitrogen and oxygen atoms in total. The molecule has 3 heteroatoms. The van der Waals surface area contributed by atoms with E-state index in [1.807, 2.05) is 0 Å². The van der Waals surface area contributed by atoms with Crippen LogP contribution in [0.3, 0.4) is 0 Å². The van der Waals surface area contributed by atoms with Crippen molar-refractivity contribution in [3.8, 4) is 0 Å². The van der Waals surface area contributed by atoms with Crippen molar-refractivity contribution < 1.29 is 9.90 Å². The van der Waals surface area contributed by atoms with Crippen LogP contribution in [0.1, 0.15) is 24.5 Å². The summed E-state index contributed by atoms with van der Waals surface area (Å²) >= 11 is 0. The number of rotatable bonds is 5. The quantitative estimate of drug-likeness (QED) is 0.594. The molecule has 0 aliphatic carbocycles. The minimum Gasteiger partial charge on any atom is -0.483 e. The van der Waals surface area contributed by atoms with Crippen molar-refractivity contribution in [2.45, 2.75) is 26.7 Å². The summed E-state index contributed by atoms with van der Waals surface area (Å²) in [5, 5.41) is 10.3. The standard InChI is InChI=1S/C12H19N.CH2O2/c1-3-9-13-10-8-12-6-4-11(2)5-7-12;2-1-3/h4-7,13H,3,8-10H2,1-2H3;1H,(H,2,3). The van der Waals surface area contributed by atoms with Gasteiger partial charge in [-0.1, -0.05) is 36.8 Å². The molecule has 0 spiro atoms. The van der Waals surface area contributed by atoms with E-state index in [0.29, 0.717) is 0 Å². The Bertz CT molecular complexity index is 270. The molecule has 90 valence electrons. The molecular formula is C13H21NO2. The lowest BCUT2D eigenvalue weighted by Gasteiger charge is -2.03. The van der Waals surface area contributed by atoms with Gasteiger partial charge in [0, 0.05) is 0 Å². The zero-order chi connectivity index (χ0) is 12.2. The lowest BCUT2D eigenvalue weighted by Crippen LogP contribution is -2.17. The topological polar surface area (TPSA) is 49.3 Å². The zero-order valence-corrected chi connectivity index (χ0v) is 10.1. The van der Waals surface area contributed by atoms with Gasteiger partial charge in [-0.25, -0.2) is 0 Å². The Labute approximate surface area is 97.5 Å².